The first-order chi connectivity index (χ1) is 34.1. The van der Waals surface area contributed by atoms with E-state index >= 15 is 0 Å². The largest absolute Gasteiger partial charge is 0.394 e. The molecule has 0 radical (unpaired) electrons. The van der Waals surface area contributed by atoms with Crippen LogP contribution in [0.15, 0.2) is 12.2 Å². The van der Waals surface area contributed by atoms with Gasteiger partial charge in [-0.05, 0) is 19.3 Å². The molecule has 0 aromatic heterocycles. The van der Waals surface area contributed by atoms with Gasteiger partial charge in [0.25, 0.3) is 0 Å². The lowest BCUT2D eigenvalue weighted by Crippen LogP contribution is -2.65. The summed E-state index contributed by atoms with van der Waals surface area (Å²) in [7, 11) is 0. The minimum atomic E-state index is -1.78. The standard InChI is InChI=1S/C56H107NO13/c1-3-5-7-9-11-13-15-17-19-20-21-22-23-24-26-28-30-32-34-36-38-40-48(61)57-44(45(60)39-37-35-33-31-29-27-25-18-16-14-12-10-8-6-4-2)43-67-55-53(66)51(64)54(47(42-59)69-55)70-56-52(65)50(63)49(62)46(41-58)68-56/h37,39,44-47,49-56,58-60,62-66H,3-36,38,40-43H2,1-2H3,(H,57,61)/b39-37+/t44-,45+,46+,47+,49-,50?,51?,52?,53?,54+,55+,56-/m0/s1. The lowest BCUT2D eigenvalue weighted by Gasteiger charge is -2.46. The van der Waals surface area contributed by atoms with Crippen molar-refractivity contribution in [2.24, 2.45) is 0 Å². The average Bonchev–Trinajstić information content (AvgIpc) is 3.36. The zero-order valence-electron chi connectivity index (χ0n) is 44.3. The van der Waals surface area contributed by atoms with Crippen molar-refractivity contribution in [2.75, 3.05) is 19.8 Å². The van der Waals surface area contributed by atoms with Gasteiger partial charge in [0.15, 0.2) is 12.6 Å². The van der Waals surface area contributed by atoms with Crippen molar-refractivity contribution in [2.45, 2.75) is 319 Å². The van der Waals surface area contributed by atoms with Crippen molar-refractivity contribution in [1.29, 1.82) is 0 Å². The van der Waals surface area contributed by atoms with Gasteiger partial charge in [-0.15, -0.1) is 0 Å². The molecule has 12 atom stereocenters. The van der Waals surface area contributed by atoms with Gasteiger partial charge in [0.2, 0.25) is 5.91 Å². The van der Waals surface area contributed by atoms with E-state index in [2.05, 4.69) is 19.2 Å². The van der Waals surface area contributed by atoms with Crippen molar-refractivity contribution in [3.05, 3.63) is 12.2 Å². The first-order valence-electron chi connectivity index (χ1n) is 28.9. The summed E-state index contributed by atoms with van der Waals surface area (Å²) in [5.41, 5.74) is 0. The second kappa shape index (κ2) is 43.0. The summed E-state index contributed by atoms with van der Waals surface area (Å²) in [6.07, 6.45) is 31.0. The zero-order chi connectivity index (χ0) is 51.0. The van der Waals surface area contributed by atoms with Crippen LogP contribution in [0.2, 0.25) is 0 Å². The molecular formula is C56H107NO13. The van der Waals surface area contributed by atoms with Crippen molar-refractivity contribution in [1.82, 2.24) is 5.32 Å². The molecule has 2 aliphatic rings. The molecule has 0 bridgehead atoms. The first-order valence-corrected chi connectivity index (χ1v) is 28.9. The fourth-order valence-corrected chi connectivity index (χ4v) is 9.76. The quantitative estimate of drug-likeness (QED) is 0.0205. The molecule has 0 aliphatic carbocycles. The highest BCUT2D eigenvalue weighted by Crippen LogP contribution is 2.30. The number of unbranched alkanes of at least 4 members (excludes halogenated alkanes) is 33. The topological polar surface area (TPSA) is 228 Å². The third-order valence-corrected chi connectivity index (χ3v) is 14.5. The van der Waals surface area contributed by atoms with E-state index in [9.17, 15) is 45.6 Å². The lowest BCUT2D eigenvalue weighted by atomic mass is 9.97. The Balaban J connectivity index is 1.77. The molecule has 414 valence electrons. The minimum Gasteiger partial charge on any atom is -0.394 e. The SMILES string of the molecule is CCCCCCCCCCCCCCC/C=C/[C@@H](O)[C@H](CO[C@@H]1O[C@H](CO)[C@@H](O[C@@H]2O[C@H](CO)[C@H](O)C(O)C2O)C(O)C1O)NC(=O)CCCCCCCCCCCCCCCCCCCCCCC. The van der Waals surface area contributed by atoms with Crippen molar-refractivity contribution in [3.8, 4) is 0 Å². The number of nitrogens with one attached hydrogen (secondary N) is 1. The Morgan fingerprint density at radius 3 is 1.31 bits per heavy atom. The maximum absolute atomic E-state index is 13.2. The van der Waals surface area contributed by atoms with Gasteiger partial charge >= 0.3 is 0 Å². The van der Waals surface area contributed by atoms with E-state index in [-0.39, 0.29) is 18.9 Å². The first kappa shape index (κ1) is 64.8. The molecule has 2 heterocycles. The summed E-state index contributed by atoms with van der Waals surface area (Å²) >= 11 is 0. The summed E-state index contributed by atoms with van der Waals surface area (Å²) in [5.74, 6) is -0.235. The number of amides is 1. The number of hydrogen-bond acceptors (Lipinski definition) is 13. The maximum Gasteiger partial charge on any atom is 0.220 e. The number of allylic oxidation sites excluding steroid dienone is 1. The van der Waals surface area contributed by atoms with Crippen LogP contribution in [-0.2, 0) is 23.7 Å². The van der Waals surface area contributed by atoms with Crippen molar-refractivity contribution in [3.63, 3.8) is 0 Å². The number of carbonyl (C=O) groups is 1. The van der Waals surface area contributed by atoms with Crippen LogP contribution < -0.4 is 5.32 Å². The smallest absolute Gasteiger partial charge is 0.220 e. The highest BCUT2D eigenvalue weighted by molar-refractivity contribution is 5.76. The van der Waals surface area contributed by atoms with Gasteiger partial charge in [-0.25, -0.2) is 0 Å². The molecule has 2 fully saturated rings. The van der Waals surface area contributed by atoms with Crippen LogP contribution in [0.4, 0.5) is 0 Å². The van der Waals surface area contributed by atoms with E-state index in [0.717, 1.165) is 38.5 Å². The molecule has 2 rings (SSSR count). The summed E-state index contributed by atoms with van der Waals surface area (Å²) < 4.78 is 22.8. The van der Waals surface area contributed by atoms with E-state index in [4.69, 9.17) is 18.9 Å². The molecule has 0 aromatic carbocycles. The predicted octanol–water partition coefficient (Wildman–Crippen LogP) is 9.11. The Hall–Kier alpha value is -1.27. The Morgan fingerprint density at radius 1 is 0.500 bits per heavy atom. The minimum absolute atomic E-state index is 0.235. The monoisotopic (exact) mass is 1000 g/mol. The normalized spacial score (nSPS) is 26.0. The molecule has 0 spiro atoms. The lowest BCUT2D eigenvalue weighted by molar-refractivity contribution is -0.359. The third kappa shape index (κ3) is 29.0. The summed E-state index contributed by atoms with van der Waals surface area (Å²) in [6, 6.07) is -0.908. The van der Waals surface area contributed by atoms with E-state index in [1.165, 1.54) is 180 Å². The Morgan fingerprint density at radius 2 is 0.886 bits per heavy atom. The van der Waals surface area contributed by atoms with Crippen LogP contribution in [-0.4, -0.2) is 140 Å². The highest BCUT2D eigenvalue weighted by Gasteiger charge is 2.51. The van der Waals surface area contributed by atoms with E-state index in [1.807, 2.05) is 6.08 Å². The second-order valence-corrected chi connectivity index (χ2v) is 20.8. The van der Waals surface area contributed by atoms with E-state index < -0.39 is 86.8 Å². The summed E-state index contributed by atoms with van der Waals surface area (Å²) in [6.45, 7) is 2.82. The third-order valence-electron chi connectivity index (χ3n) is 14.5. The van der Waals surface area contributed by atoms with E-state index in [0.29, 0.717) is 6.42 Å². The zero-order valence-corrected chi connectivity index (χ0v) is 44.3. The van der Waals surface area contributed by atoms with Crippen LogP contribution in [0.25, 0.3) is 0 Å². The van der Waals surface area contributed by atoms with Gasteiger partial charge in [0.1, 0.15) is 48.8 Å². The number of aliphatic hydroxyl groups excluding tert-OH is 8. The Kier molecular flexibility index (Phi) is 39.9. The number of aliphatic hydroxyl groups is 8. The van der Waals surface area contributed by atoms with Crippen LogP contribution in [0.3, 0.4) is 0 Å². The van der Waals surface area contributed by atoms with Crippen LogP contribution >= 0.6 is 0 Å². The average molecular weight is 1000 g/mol. The van der Waals surface area contributed by atoms with Gasteiger partial charge in [-0.1, -0.05) is 231 Å². The Labute approximate surface area is 425 Å². The van der Waals surface area contributed by atoms with Gasteiger partial charge < -0.3 is 65.1 Å². The number of ether oxygens (including phenoxy) is 4. The van der Waals surface area contributed by atoms with Crippen LogP contribution in [0.5, 0.6) is 0 Å². The second-order valence-electron chi connectivity index (χ2n) is 20.8. The predicted molar refractivity (Wildman–Crippen MR) is 277 cm³/mol. The number of carbonyl (C=O) groups excluding carboxylic acids is 1. The van der Waals surface area contributed by atoms with E-state index in [1.54, 1.807) is 6.08 Å². The molecular weight excluding hydrogens is 895 g/mol. The Bertz CT molecular complexity index is 1230. The van der Waals surface area contributed by atoms with Gasteiger partial charge in [0, 0.05) is 6.42 Å². The highest BCUT2D eigenvalue weighted by atomic mass is 16.7. The molecule has 2 saturated heterocycles. The molecule has 14 nitrogen and oxygen atoms in total. The molecule has 70 heavy (non-hydrogen) atoms. The summed E-state index contributed by atoms with van der Waals surface area (Å²) in [4.78, 5) is 13.2. The molecule has 1 amide bonds. The van der Waals surface area contributed by atoms with Gasteiger partial charge in [-0.2, -0.15) is 0 Å². The molecule has 0 aromatic rings. The molecule has 0 saturated carbocycles. The van der Waals surface area contributed by atoms with Crippen molar-refractivity contribution >= 4 is 5.91 Å². The van der Waals surface area contributed by atoms with Crippen molar-refractivity contribution < 1.29 is 64.6 Å². The summed E-state index contributed by atoms with van der Waals surface area (Å²) in [5, 5.41) is 87.0. The number of rotatable bonds is 46. The fraction of sp³-hybridized carbons (Fsp3) is 0.946. The fourth-order valence-electron chi connectivity index (χ4n) is 9.76. The van der Waals surface area contributed by atoms with Crippen LogP contribution in [0.1, 0.15) is 245 Å². The maximum atomic E-state index is 13.2. The molecule has 2 aliphatic heterocycles. The molecule has 14 heteroatoms. The van der Waals surface area contributed by atoms with Crippen LogP contribution in [0, 0.1) is 0 Å². The van der Waals surface area contributed by atoms with Gasteiger partial charge in [0.05, 0.1) is 32.0 Å². The molecule has 4 unspecified atom stereocenters. The van der Waals surface area contributed by atoms with Gasteiger partial charge in [-0.3, -0.25) is 4.79 Å². The molecule has 9 N–H and O–H groups in total. The number of hydrogen-bond donors (Lipinski definition) is 9.